The number of carbonyl (C=O) groups is 2. The fourth-order valence-electron chi connectivity index (χ4n) is 0.900. The van der Waals surface area contributed by atoms with Crippen molar-refractivity contribution < 1.29 is 14.7 Å². The van der Waals surface area contributed by atoms with Gasteiger partial charge in [0.1, 0.15) is 5.75 Å². The largest absolute Gasteiger partial charge is 0.508 e. The van der Waals surface area contributed by atoms with Crippen LogP contribution in [0.1, 0.15) is 23.7 Å². The fraction of sp³-hybridized carbons (Fsp3) is 0.200. The van der Waals surface area contributed by atoms with Crippen molar-refractivity contribution in [2.24, 2.45) is 0 Å². The molecule has 15 heavy (non-hydrogen) atoms. The molecule has 1 aromatic carbocycles. The van der Waals surface area contributed by atoms with Gasteiger partial charge in [-0.05, 0) is 24.3 Å². The Morgan fingerprint density at radius 3 is 2.33 bits per heavy atom. The lowest BCUT2D eigenvalue weighted by Crippen LogP contribution is -2.41. The maximum atomic E-state index is 11.4. The summed E-state index contributed by atoms with van der Waals surface area (Å²) in [6.07, 6.45) is 0.301. The average molecular weight is 208 g/mol. The number of carbonyl (C=O) groups excluding carboxylic acids is 2. The Kier molecular flexibility index (Phi) is 3.68. The Balaban J connectivity index is 2.54. The molecule has 1 rings (SSSR count). The van der Waals surface area contributed by atoms with Crippen LogP contribution < -0.4 is 10.9 Å². The van der Waals surface area contributed by atoms with Crippen LogP contribution in [0.3, 0.4) is 0 Å². The lowest BCUT2D eigenvalue weighted by atomic mass is 10.2. The van der Waals surface area contributed by atoms with Gasteiger partial charge in [-0.15, -0.1) is 0 Å². The second-order valence-electron chi connectivity index (χ2n) is 2.90. The van der Waals surface area contributed by atoms with Crippen LogP contribution in [0, 0.1) is 0 Å². The first-order valence-electron chi connectivity index (χ1n) is 4.51. The van der Waals surface area contributed by atoms with Crippen molar-refractivity contribution in [2.75, 3.05) is 0 Å². The number of phenolic OH excluding ortho intramolecular Hbond substituents is 1. The van der Waals surface area contributed by atoms with Gasteiger partial charge < -0.3 is 5.11 Å². The SMILES string of the molecule is CCC(=O)NNC(=O)c1ccc(O)cc1. The van der Waals surface area contributed by atoms with Gasteiger partial charge >= 0.3 is 0 Å². The van der Waals surface area contributed by atoms with E-state index >= 15 is 0 Å². The smallest absolute Gasteiger partial charge is 0.269 e. The third kappa shape index (κ3) is 3.30. The molecule has 0 saturated carbocycles. The predicted octanol–water partition coefficient (Wildman–Crippen LogP) is 0.563. The highest BCUT2D eigenvalue weighted by molar-refractivity contribution is 5.95. The van der Waals surface area contributed by atoms with Gasteiger partial charge in [-0.1, -0.05) is 6.92 Å². The summed E-state index contributed by atoms with van der Waals surface area (Å²) in [5.41, 5.74) is 4.86. The summed E-state index contributed by atoms with van der Waals surface area (Å²) in [5.74, 6) is -0.594. The standard InChI is InChI=1S/C10H12N2O3/c1-2-9(14)11-12-10(15)7-3-5-8(13)6-4-7/h3-6,13H,2H2,1H3,(H,11,14)(H,12,15). The van der Waals surface area contributed by atoms with E-state index in [4.69, 9.17) is 5.11 Å². The van der Waals surface area contributed by atoms with Crippen molar-refractivity contribution in [3.05, 3.63) is 29.8 Å². The summed E-state index contributed by atoms with van der Waals surface area (Å²) in [4.78, 5) is 22.2. The van der Waals surface area contributed by atoms with Crippen LogP contribution in [0.4, 0.5) is 0 Å². The Morgan fingerprint density at radius 1 is 1.20 bits per heavy atom. The minimum atomic E-state index is -0.420. The number of nitrogens with one attached hydrogen (secondary N) is 2. The number of hydrogen-bond donors (Lipinski definition) is 3. The molecule has 2 amide bonds. The lowest BCUT2D eigenvalue weighted by Gasteiger charge is -2.05. The minimum Gasteiger partial charge on any atom is -0.508 e. The van der Waals surface area contributed by atoms with E-state index in [1.54, 1.807) is 6.92 Å². The van der Waals surface area contributed by atoms with Crippen LogP contribution >= 0.6 is 0 Å². The van der Waals surface area contributed by atoms with Gasteiger partial charge in [0, 0.05) is 12.0 Å². The molecule has 0 bridgehead atoms. The number of amides is 2. The molecule has 3 N–H and O–H groups in total. The maximum Gasteiger partial charge on any atom is 0.269 e. The average Bonchev–Trinajstić information content (AvgIpc) is 2.26. The monoisotopic (exact) mass is 208 g/mol. The molecule has 5 heteroatoms. The Hall–Kier alpha value is -2.04. The van der Waals surface area contributed by atoms with Gasteiger partial charge in [-0.25, -0.2) is 0 Å². The highest BCUT2D eigenvalue weighted by Crippen LogP contribution is 2.08. The van der Waals surface area contributed by atoms with Crippen molar-refractivity contribution >= 4 is 11.8 Å². The zero-order chi connectivity index (χ0) is 11.3. The van der Waals surface area contributed by atoms with Gasteiger partial charge in [0.15, 0.2) is 0 Å². The molecular weight excluding hydrogens is 196 g/mol. The number of hydrogen-bond acceptors (Lipinski definition) is 3. The molecule has 0 aromatic heterocycles. The molecule has 5 nitrogen and oxygen atoms in total. The molecule has 0 radical (unpaired) electrons. The second-order valence-corrected chi connectivity index (χ2v) is 2.90. The van der Waals surface area contributed by atoms with Crippen molar-refractivity contribution in [2.45, 2.75) is 13.3 Å². The first-order valence-corrected chi connectivity index (χ1v) is 4.51. The normalized spacial score (nSPS) is 9.40. The van der Waals surface area contributed by atoms with Crippen molar-refractivity contribution in [1.82, 2.24) is 10.9 Å². The molecular formula is C10H12N2O3. The number of benzene rings is 1. The summed E-state index contributed by atoms with van der Waals surface area (Å²) in [5, 5.41) is 8.99. The number of rotatable bonds is 2. The molecule has 0 saturated heterocycles. The molecule has 80 valence electrons. The third-order valence-electron chi connectivity index (χ3n) is 1.77. The van der Waals surface area contributed by atoms with Gasteiger partial charge in [-0.3, -0.25) is 20.4 Å². The van der Waals surface area contributed by atoms with E-state index in [9.17, 15) is 9.59 Å². The quantitative estimate of drug-likeness (QED) is 0.621. The van der Waals surface area contributed by atoms with Gasteiger partial charge in [0.2, 0.25) is 5.91 Å². The highest BCUT2D eigenvalue weighted by atomic mass is 16.3. The molecule has 0 aliphatic carbocycles. The Labute approximate surface area is 87.1 Å². The van der Waals surface area contributed by atoms with E-state index in [0.717, 1.165) is 0 Å². The maximum absolute atomic E-state index is 11.4. The predicted molar refractivity (Wildman–Crippen MR) is 54.0 cm³/mol. The molecule has 0 aliphatic rings. The van der Waals surface area contributed by atoms with E-state index < -0.39 is 5.91 Å². The summed E-state index contributed by atoms with van der Waals surface area (Å²) >= 11 is 0. The van der Waals surface area contributed by atoms with E-state index in [1.165, 1.54) is 24.3 Å². The van der Waals surface area contributed by atoms with E-state index in [-0.39, 0.29) is 11.7 Å². The van der Waals surface area contributed by atoms with Gasteiger partial charge in [-0.2, -0.15) is 0 Å². The van der Waals surface area contributed by atoms with Crippen LogP contribution in [-0.2, 0) is 4.79 Å². The molecule has 0 fully saturated rings. The molecule has 0 aliphatic heterocycles. The summed E-state index contributed by atoms with van der Waals surface area (Å²) in [7, 11) is 0. The third-order valence-corrected chi connectivity index (χ3v) is 1.77. The van der Waals surface area contributed by atoms with E-state index in [1.807, 2.05) is 0 Å². The van der Waals surface area contributed by atoms with Gasteiger partial charge in [0.05, 0.1) is 0 Å². The molecule has 0 unspecified atom stereocenters. The van der Waals surface area contributed by atoms with E-state index in [2.05, 4.69) is 10.9 Å². The van der Waals surface area contributed by atoms with Crippen molar-refractivity contribution in [3.8, 4) is 5.75 Å². The molecule has 1 aromatic rings. The Morgan fingerprint density at radius 2 is 1.80 bits per heavy atom. The highest BCUT2D eigenvalue weighted by Gasteiger charge is 2.05. The topological polar surface area (TPSA) is 78.4 Å². The van der Waals surface area contributed by atoms with Crippen LogP contribution in [0.5, 0.6) is 5.75 Å². The molecule has 0 atom stereocenters. The summed E-state index contributed by atoms with van der Waals surface area (Å²) in [6, 6.07) is 5.72. The first kappa shape index (κ1) is 11.0. The second kappa shape index (κ2) is 4.99. The summed E-state index contributed by atoms with van der Waals surface area (Å²) in [6.45, 7) is 1.68. The van der Waals surface area contributed by atoms with Crippen LogP contribution in [0.25, 0.3) is 0 Å². The van der Waals surface area contributed by atoms with Crippen LogP contribution in [0.15, 0.2) is 24.3 Å². The molecule has 0 spiro atoms. The zero-order valence-corrected chi connectivity index (χ0v) is 8.28. The molecule has 0 heterocycles. The number of phenols is 1. The van der Waals surface area contributed by atoms with Gasteiger partial charge in [0.25, 0.3) is 5.91 Å². The van der Waals surface area contributed by atoms with Crippen LogP contribution in [0.2, 0.25) is 0 Å². The summed E-state index contributed by atoms with van der Waals surface area (Å²) < 4.78 is 0. The minimum absolute atomic E-state index is 0.0872. The number of aromatic hydroxyl groups is 1. The number of hydrazine groups is 1. The van der Waals surface area contributed by atoms with E-state index in [0.29, 0.717) is 12.0 Å². The fourth-order valence-corrected chi connectivity index (χ4v) is 0.900. The zero-order valence-electron chi connectivity index (χ0n) is 8.28. The Bertz CT molecular complexity index is 359. The lowest BCUT2D eigenvalue weighted by molar-refractivity contribution is -0.121. The van der Waals surface area contributed by atoms with Crippen molar-refractivity contribution in [3.63, 3.8) is 0 Å². The van der Waals surface area contributed by atoms with Crippen molar-refractivity contribution in [1.29, 1.82) is 0 Å². The van der Waals surface area contributed by atoms with Crippen LogP contribution in [-0.4, -0.2) is 16.9 Å². The first-order chi connectivity index (χ1) is 7.13.